The summed E-state index contributed by atoms with van der Waals surface area (Å²) in [6.45, 7) is 9.79. The number of amides is 3. The second-order valence-corrected chi connectivity index (χ2v) is 19.5. The van der Waals surface area contributed by atoms with Crippen molar-refractivity contribution in [3.8, 4) is 0 Å². The lowest BCUT2D eigenvalue weighted by molar-refractivity contribution is -0.121. The molecule has 3 amide bonds. The molecule has 0 unspecified atom stereocenters. The Balaban J connectivity index is 0.945. The van der Waals surface area contributed by atoms with Crippen LogP contribution in [-0.4, -0.2) is 94.6 Å². The molecule has 8 aromatic rings. The summed E-state index contributed by atoms with van der Waals surface area (Å²) in [4.78, 5) is 43.9. The van der Waals surface area contributed by atoms with E-state index in [1.807, 2.05) is 97.1 Å². The molecule has 0 aliphatic rings. The van der Waals surface area contributed by atoms with E-state index in [1.165, 1.54) is 0 Å². The average Bonchev–Trinajstić information content (AvgIpc) is 3.43. The first-order valence-electron chi connectivity index (χ1n) is 26.1. The van der Waals surface area contributed by atoms with Crippen LogP contribution in [0.1, 0.15) is 78.1 Å². The van der Waals surface area contributed by atoms with Gasteiger partial charge in [-0.1, -0.05) is 165 Å². The second kappa shape index (κ2) is 26.4. The fourth-order valence-electron chi connectivity index (χ4n) is 10.3. The van der Waals surface area contributed by atoms with E-state index in [-0.39, 0.29) is 24.1 Å². The highest BCUT2D eigenvalue weighted by Gasteiger charge is 2.24. The van der Waals surface area contributed by atoms with Crippen molar-refractivity contribution in [2.45, 2.75) is 71.6 Å². The van der Waals surface area contributed by atoms with Crippen molar-refractivity contribution in [1.29, 1.82) is 0 Å². The van der Waals surface area contributed by atoms with E-state index >= 15 is 0 Å². The monoisotopic (exact) mass is 1000 g/mol. The number of nitrogens with one attached hydrogen (secondary N) is 3. The van der Waals surface area contributed by atoms with Gasteiger partial charge >= 0.3 is 14.2 Å². The van der Waals surface area contributed by atoms with Gasteiger partial charge in [0.05, 0.1) is 5.56 Å². The molecule has 0 fully saturated rings. The van der Waals surface area contributed by atoms with Crippen LogP contribution < -0.4 is 26.9 Å². The van der Waals surface area contributed by atoms with E-state index in [1.54, 1.807) is 31.2 Å². The molecule has 12 nitrogen and oxygen atoms in total. The fraction of sp³-hybridized carbons (Fsp3) is 0.262. The number of fused-ring (bicyclic) bond motifs is 4. The van der Waals surface area contributed by atoms with Gasteiger partial charge in [-0.15, -0.1) is 0 Å². The maximum atomic E-state index is 13.6. The van der Waals surface area contributed by atoms with Crippen LogP contribution in [0.15, 0.2) is 164 Å². The van der Waals surface area contributed by atoms with Crippen LogP contribution in [0.3, 0.4) is 0 Å². The Kier molecular flexibility index (Phi) is 19.0. The second-order valence-electron chi connectivity index (χ2n) is 19.5. The molecule has 0 aromatic heterocycles. The van der Waals surface area contributed by atoms with Gasteiger partial charge in [0.1, 0.15) is 0 Å². The van der Waals surface area contributed by atoms with Crippen LogP contribution in [0, 0.1) is 0 Å². The van der Waals surface area contributed by atoms with E-state index < -0.39 is 14.2 Å². The van der Waals surface area contributed by atoms with Crippen LogP contribution in [-0.2, 0) is 35.8 Å². The molecule has 8 rings (SSSR count). The molecule has 75 heavy (non-hydrogen) atoms. The van der Waals surface area contributed by atoms with Crippen molar-refractivity contribution in [1.82, 2.24) is 25.8 Å². The third kappa shape index (κ3) is 14.0. The third-order valence-electron chi connectivity index (χ3n) is 14.1. The predicted molar refractivity (Wildman–Crippen MR) is 305 cm³/mol. The molecule has 0 heterocycles. The molecule has 0 spiro atoms. The first-order valence-corrected chi connectivity index (χ1v) is 26.1. The maximum absolute atomic E-state index is 13.6. The normalized spacial score (nSPS) is 11.5. The van der Waals surface area contributed by atoms with Crippen LogP contribution in [0.2, 0.25) is 0 Å². The van der Waals surface area contributed by atoms with Gasteiger partial charge in [0.15, 0.2) is 0 Å². The van der Waals surface area contributed by atoms with Gasteiger partial charge in [-0.3, -0.25) is 24.2 Å². The smallest absolute Gasteiger partial charge is 0.423 e. The molecule has 7 N–H and O–H groups in total. The number of carbonyl (C=O) groups is 3. The predicted octanol–water partition coefficient (Wildman–Crippen LogP) is 7.24. The standard InChI is InChI=1S/C61H67B2N5O7/c1-43(2)60(70)65-35-19-36-67(39-46-22-7-15-30-56(46)62(72)73)41-54-50-26-11-13-28-52(50)55(53-29-14-12-27-51(53)54)42-68(40-47-23-8-16-31-57(47)63(74)75)37-32-58(69)64-33-17-3-4-18-34-66-61(71)59-48-24-9-5-20-44(48)38-45-21-6-10-25-49(45)59/h5-16,20-31,38,72-75H,1,3-4,17-19,32-37,39-42H2,2H3,(H,64,69)(H,65,70)(H,66,71). The molecular weight excluding hydrogens is 936 g/mol. The number of carbonyl (C=O) groups excluding carboxylic acids is 3. The maximum Gasteiger partial charge on any atom is 0.488 e. The summed E-state index contributed by atoms with van der Waals surface area (Å²) in [5.74, 6) is -0.329. The number of rotatable bonds is 26. The molecular formula is C61H67B2N5O7. The Hall–Kier alpha value is -7.16. The Labute approximate surface area is 440 Å². The molecule has 0 bridgehead atoms. The molecule has 14 heteroatoms. The largest absolute Gasteiger partial charge is 0.488 e. The Bertz CT molecular complexity index is 3180. The molecule has 0 atom stereocenters. The van der Waals surface area contributed by atoms with Crippen molar-refractivity contribution in [3.05, 3.63) is 192 Å². The zero-order valence-electron chi connectivity index (χ0n) is 42.8. The first-order chi connectivity index (χ1) is 36.5. The van der Waals surface area contributed by atoms with Crippen molar-refractivity contribution < 1.29 is 34.5 Å². The quantitative estimate of drug-likeness (QED) is 0.0128. The lowest BCUT2D eigenvalue weighted by Gasteiger charge is -2.28. The van der Waals surface area contributed by atoms with Crippen molar-refractivity contribution in [3.63, 3.8) is 0 Å². The first kappa shape index (κ1) is 54.1. The lowest BCUT2D eigenvalue weighted by Crippen LogP contribution is -2.37. The summed E-state index contributed by atoms with van der Waals surface area (Å²) in [5.41, 5.74) is 5.73. The highest BCUT2D eigenvalue weighted by atomic mass is 16.4. The van der Waals surface area contributed by atoms with Crippen LogP contribution in [0.25, 0.3) is 43.1 Å². The lowest BCUT2D eigenvalue weighted by atomic mass is 9.77. The van der Waals surface area contributed by atoms with Gasteiger partial charge in [-0.25, -0.2) is 0 Å². The zero-order chi connectivity index (χ0) is 52.7. The summed E-state index contributed by atoms with van der Waals surface area (Å²) in [7, 11) is -3.29. The topological polar surface area (TPSA) is 175 Å². The Morgan fingerprint density at radius 3 is 1.37 bits per heavy atom. The Morgan fingerprint density at radius 1 is 0.480 bits per heavy atom. The summed E-state index contributed by atoms with van der Waals surface area (Å²) >= 11 is 0. The summed E-state index contributed by atoms with van der Waals surface area (Å²) in [6, 6.07) is 49.4. The highest BCUT2D eigenvalue weighted by molar-refractivity contribution is 6.59. The third-order valence-corrected chi connectivity index (χ3v) is 14.1. The number of benzene rings is 8. The SMILES string of the molecule is C=C(C)C(=O)NCCCN(Cc1ccccc1B(O)O)Cc1c2ccccc2c(CN(CCC(=O)NCCCCCCNC(=O)c2c3ccccc3cc3ccccc23)Cc2ccccc2B(O)O)c2ccccc12. The number of unbranched alkanes of at least 4 members (excludes halogenated alkanes) is 3. The highest BCUT2D eigenvalue weighted by Crippen LogP contribution is 2.35. The van der Waals surface area contributed by atoms with E-state index in [2.05, 4.69) is 62.7 Å². The van der Waals surface area contributed by atoms with E-state index in [9.17, 15) is 34.5 Å². The van der Waals surface area contributed by atoms with E-state index in [0.717, 1.165) is 91.0 Å². The van der Waals surface area contributed by atoms with Gasteiger partial charge in [0.25, 0.3) is 5.91 Å². The van der Waals surface area contributed by atoms with Crippen LogP contribution >= 0.6 is 0 Å². The van der Waals surface area contributed by atoms with Gasteiger partial charge in [0.2, 0.25) is 11.8 Å². The van der Waals surface area contributed by atoms with Crippen LogP contribution in [0.5, 0.6) is 0 Å². The van der Waals surface area contributed by atoms with Gasteiger partial charge < -0.3 is 36.0 Å². The molecule has 8 aromatic carbocycles. The number of hydrogen-bond donors (Lipinski definition) is 7. The average molecular weight is 1000 g/mol. The van der Waals surface area contributed by atoms with Crippen LogP contribution in [0.4, 0.5) is 0 Å². The van der Waals surface area contributed by atoms with Gasteiger partial charge in [-0.05, 0) is 109 Å². The minimum Gasteiger partial charge on any atom is -0.423 e. The van der Waals surface area contributed by atoms with E-state index in [4.69, 9.17) is 0 Å². The van der Waals surface area contributed by atoms with Crippen molar-refractivity contribution in [2.24, 2.45) is 0 Å². The minimum atomic E-state index is -1.66. The molecule has 384 valence electrons. The van der Waals surface area contributed by atoms with E-state index in [0.29, 0.717) is 87.4 Å². The zero-order valence-corrected chi connectivity index (χ0v) is 42.8. The molecule has 0 saturated carbocycles. The van der Waals surface area contributed by atoms with Crippen molar-refractivity contribution in [2.75, 3.05) is 32.7 Å². The molecule has 0 radical (unpaired) electrons. The Morgan fingerprint density at radius 2 is 0.893 bits per heavy atom. The van der Waals surface area contributed by atoms with Crippen molar-refractivity contribution >= 4 is 86.0 Å². The molecule has 0 saturated heterocycles. The summed E-state index contributed by atoms with van der Waals surface area (Å²) in [6.07, 6.45) is 4.33. The summed E-state index contributed by atoms with van der Waals surface area (Å²) in [5, 5.41) is 58.8. The van der Waals surface area contributed by atoms with Gasteiger partial charge in [0, 0.05) is 70.9 Å². The number of nitrogens with zero attached hydrogens (tertiary/aromatic N) is 2. The molecule has 0 aliphatic heterocycles. The summed E-state index contributed by atoms with van der Waals surface area (Å²) < 4.78 is 0. The number of hydrogen-bond acceptors (Lipinski definition) is 9. The fourth-order valence-corrected chi connectivity index (χ4v) is 10.3. The molecule has 0 aliphatic carbocycles. The van der Waals surface area contributed by atoms with Gasteiger partial charge in [-0.2, -0.15) is 0 Å². The minimum absolute atomic E-state index is 0.0651.